The van der Waals surface area contributed by atoms with Crippen molar-refractivity contribution in [2.24, 2.45) is 5.41 Å². The molecule has 2 aliphatic rings. The van der Waals surface area contributed by atoms with Crippen LogP contribution in [0.4, 0.5) is 0 Å². The quantitative estimate of drug-likeness (QED) is 0.690. The summed E-state index contributed by atoms with van der Waals surface area (Å²) in [7, 11) is 0. The molecular formula is C16H30N2O. The summed E-state index contributed by atoms with van der Waals surface area (Å²) in [6.07, 6.45) is 8.79. The summed E-state index contributed by atoms with van der Waals surface area (Å²) in [5.41, 5.74) is -0.102. The molecule has 3 heteroatoms. The summed E-state index contributed by atoms with van der Waals surface area (Å²) >= 11 is 0. The Kier molecular flexibility index (Phi) is 5.40. The van der Waals surface area contributed by atoms with Gasteiger partial charge in [0.05, 0.1) is 0 Å². The van der Waals surface area contributed by atoms with Gasteiger partial charge in [0, 0.05) is 44.2 Å². The highest BCUT2D eigenvalue weighted by Gasteiger charge is 2.31. The molecule has 2 rings (SSSR count). The molecule has 0 spiro atoms. The fraction of sp³-hybridized carbons (Fsp3) is 0.938. The van der Waals surface area contributed by atoms with Crippen LogP contribution in [0.1, 0.15) is 52.4 Å². The number of piperazine rings is 1. The Bertz CT molecular complexity index is 274. The lowest BCUT2D eigenvalue weighted by molar-refractivity contribution is -0.118. The Morgan fingerprint density at radius 3 is 2.11 bits per heavy atom. The average molecular weight is 266 g/mol. The zero-order valence-electron chi connectivity index (χ0n) is 12.7. The number of rotatable bonds is 6. The van der Waals surface area contributed by atoms with E-state index in [2.05, 4.69) is 23.6 Å². The first-order valence-electron chi connectivity index (χ1n) is 8.16. The fourth-order valence-corrected chi connectivity index (χ4v) is 3.68. The SMILES string of the molecule is CCC(C=O)(CC)CN1CCN(C2CCCC2)CC1. The molecule has 0 bridgehead atoms. The van der Waals surface area contributed by atoms with Gasteiger partial charge in [-0.2, -0.15) is 0 Å². The van der Waals surface area contributed by atoms with Crippen molar-refractivity contribution in [3.63, 3.8) is 0 Å². The average Bonchev–Trinajstić information content (AvgIpc) is 3.00. The molecule has 0 unspecified atom stereocenters. The van der Waals surface area contributed by atoms with Gasteiger partial charge in [0.2, 0.25) is 0 Å². The van der Waals surface area contributed by atoms with Gasteiger partial charge in [0.1, 0.15) is 6.29 Å². The molecular weight excluding hydrogens is 236 g/mol. The predicted octanol–water partition coefficient (Wildman–Crippen LogP) is 2.55. The van der Waals surface area contributed by atoms with Gasteiger partial charge in [-0.05, 0) is 25.7 Å². The van der Waals surface area contributed by atoms with E-state index in [0.717, 1.165) is 38.5 Å². The minimum Gasteiger partial charge on any atom is -0.303 e. The van der Waals surface area contributed by atoms with Crippen molar-refractivity contribution in [2.75, 3.05) is 32.7 Å². The molecule has 0 amide bonds. The van der Waals surface area contributed by atoms with Crippen LogP contribution in [0, 0.1) is 5.41 Å². The van der Waals surface area contributed by atoms with Crippen LogP contribution in [-0.2, 0) is 4.79 Å². The van der Waals surface area contributed by atoms with Gasteiger partial charge in [-0.3, -0.25) is 9.80 Å². The van der Waals surface area contributed by atoms with Gasteiger partial charge in [-0.1, -0.05) is 26.7 Å². The van der Waals surface area contributed by atoms with Crippen LogP contribution >= 0.6 is 0 Å². The summed E-state index contributed by atoms with van der Waals surface area (Å²) in [5, 5.41) is 0. The maximum Gasteiger partial charge on any atom is 0.127 e. The summed E-state index contributed by atoms with van der Waals surface area (Å²) in [6, 6.07) is 0.857. The molecule has 3 nitrogen and oxygen atoms in total. The van der Waals surface area contributed by atoms with Crippen molar-refractivity contribution in [3.8, 4) is 0 Å². The standard InChI is InChI=1S/C16H30N2O/c1-3-16(4-2,14-19)13-17-9-11-18(12-10-17)15-7-5-6-8-15/h14-15H,3-13H2,1-2H3. The minimum absolute atomic E-state index is 0.102. The molecule has 2 fully saturated rings. The lowest BCUT2D eigenvalue weighted by atomic mass is 9.83. The Balaban J connectivity index is 1.80. The second kappa shape index (κ2) is 6.85. The van der Waals surface area contributed by atoms with Crippen molar-refractivity contribution in [1.29, 1.82) is 0 Å². The third-order valence-electron chi connectivity index (χ3n) is 5.44. The largest absolute Gasteiger partial charge is 0.303 e. The zero-order valence-corrected chi connectivity index (χ0v) is 12.7. The number of carbonyl (C=O) groups excluding carboxylic acids is 1. The van der Waals surface area contributed by atoms with E-state index in [9.17, 15) is 4.79 Å². The Labute approximate surface area is 118 Å². The maximum atomic E-state index is 11.4. The van der Waals surface area contributed by atoms with Crippen molar-refractivity contribution < 1.29 is 4.79 Å². The molecule has 1 saturated carbocycles. The van der Waals surface area contributed by atoms with Crippen LogP contribution in [0.3, 0.4) is 0 Å². The van der Waals surface area contributed by atoms with Crippen molar-refractivity contribution in [2.45, 2.75) is 58.4 Å². The molecule has 1 aliphatic heterocycles. The van der Waals surface area contributed by atoms with E-state index in [0.29, 0.717) is 0 Å². The fourth-order valence-electron chi connectivity index (χ4n) is 3.68. The van der Waals surface area contributed by atoms with Crippen molar-refractivity contribution >= 4 is 6.29 Å². The van der Waals surface area contributed by atoms with Gasteiger partial charge in [-0.15, -0.1) is 0 Å². The first-order chi connectivity index (χ1) is 9.23. The highest BCUT2D eigenvalue weighted by molar-refractivity contribution is 5.59. The highest BCUT2D eigenvalue weighted by atomic mass is 16.1. The molecule has 1 aliphatic carbocycles. The van der Waals surface area contributed by atoms with Crippen LogP contribution in [-0.4, -0.2) is 54.9 Å². The lowest BCUT2D eigenvalue weighted by Gasteiger charge is -2.41. The van der Waals surface area contributed by atoms with Crippen LogP contribution in [0.5, 0.6) is 0 Å². The molecule has 0 aromatic carbocycles. The minimum atomic E-state index is -0.102. The topological polar surface area (TPSA) is 23.6 Å². The van der Waals surface area contributed by atoms with Gasteiger partial charge >= 0.3 is 0 Å². The molecule has 0 N–H and O–H groups in total. The molecule has 1 heterocycles. The van der Waals surface area contributed by atoms with E-state index in [1.54, 1.807) is 0 Å². The Morgan fingerprint density at radius 1 is 1.05 bits per heavy atom. The summed E-state index contributed by atoms with van der Waals surface area (Å²) in [5.74, 6) is 0. The van der Waals surface area contributed by atoms with Crippen molar-refractivity contribution in [1.82, 2.24) is 9.80 Å². The van der Waals surface area contributed by atoms with E-state index in [1.807, 2.05) is 0 Å². The van der Waals surface area contributed by atoms with Crippen LogP contribution in [0.15, 0.2) is 0 Å². The second-order valence-corrected chi connectivity index (χ2v) is 6.44. The molecule has 0 atom stereocenters. The lowest BCUT2D eigenvalue weighted by Crippen LogP contribution is -2.52. The molecule has 110 valence electrons. The normalized spacial score (nSPS) is 23.9. The first kappa shape index (κ1) is 15.0. The Hall–Kier alpha value is -0.410. The number of nitrogens with zero attached hydrogens (tertiary/aromatic N) is 2. The summed E-state index contributed by atoms with van der Waals surface area (Å²) in [4.78, 5) is 16.6. The van der Waals surface area contributed by atoms with E-state index >= 15 is 0 Å². The van der Waals surface area contributed by atoms with Crippen LogP contribution < -0.4 is 0 Å². The van der Waals surface area contributed by atoms with Gasteiger partial charge in [0.15, 0.2) is 0 Å². The molecule has 0 aromatic rings. The molecule has 0 aromatic heterocycles. The monoisotopic (exact) mass is 266 g/mol. The smallest absolute Gasteiger partial charge is 0.127 e. The molecule has 0 radical (unpaired) electrons. The van der Waals surface area contributed by atoms with Gasteiger partial charge < -0.3 is 4.79 Å². The highest BCUT2D eigenvalue weighted by Crippen LogP contribution is 2.27. The molecule has 19 heavy (non-hydrogen) atoms. The summed E-state index contributed by atoms with van der Waals surface area (Å²) < 4.78 is 0. The molecule has 1 saturated heterocycles. The van der Waals surface area contributed by atoms with Crippen molar-refractivity contribution in [3.05, 3.63) is 0 Å². The zero-order chi connectivity index (χ0) is 13.7. The van der Waals surface area contributed by atoms with Crippen LogP contribution in [0.2, 0.25) is 0 Å². The van der Waals surface area contributed by atoms with E-state index < -0.39 is 0 Å². The van der Waals surface area contributed by atoms with E-state index in [4.69, 9.17) is 0 Å². The van der Waals surface area contributed by atoms with Gasteiger partial charge in [0.25, 0.3) is 0 Å². The first-order valence-corrected chi connectivity index (χ1v) is 8.16. The number of hydrogen-bond acceptors (Lipinski definition) is 3. The van der Waals surface area contributed by atoms with E-state index in [-0.39, 0.29) is 5.41 Å². The Morgan fingerprint density at radius 2 is 1.63 bits per heavy atom. The third kappa shape index (κ3) is 3.57. The number of aldehydes is 1. The number of hydrogen-bond donors (Lipinski definition) is 0. The number of carbonyl (C=O) groups is 1. The summed E-state index contributed by atoms with van der Waals surface area (Å²) in [6.45, 7) is 9.94. The predicted molar refractivity (Wildman–Crippen MR) is 79.3 cm³/mol. The maximum absolute atomic E-state index is 11.4. The van der Waals surface area contributed by atoms with Gasteiger partial charge in [-0.25, -0.2) is 0 Å². The second-order valence-electron chi connectivity index (χ2n) is 6.44. The van der Waals surface area contributed by atoms with E-state index in [1.165, 1.54) is 45.1 Å². The third-order valence-corrected chi connectivity index (χ3v) is 5.44. The van der Waals surface area contributed by atoms with Crippen LogP contribution in [0.25, 0.3) is 0 Å².